The summed E-state index contributed by atoms with van der Waals surface area (Å²) >= 11 is 0. The molecule has 2 heterocycles. The second kappa shape index (κ2) is 4.83. The lowest BCUT2D eigenvalue weighted by molar-refractivity contribution is -0.125. The van der Waals surface area contributed by atoms with Gasteiger partial charge < -0.3 is 10.2 Å². The zero-order valence-corrected chi connectivity index (χ0v) is 11.2. The number of hydrogen-bond acceptors (Lipinski definition) is 3. The molecule has 0 saturated carbocycles. The van der Waals surface area contributed by atoms with E-state index in [1.807, 2.05) is 0 Å². The van der Waals surface area contributed by atoms with Crippen molar-refractivity contribution in [3.05, 3.63) is 35.6 Å². The third kappa shape index (κ3) is 2.35. The second-order valence-electron chi connectivity index (χ2n) is 5.29. The number of nitrogens with one attached hydrogen (secondary N) is 2. The number of benzene rings is 1. The molecule has 21 heavy (non-hydrogen) atoms. The summed E-state index contributed by atoms with van der Waals surface area (Å²) in [7, 11) is 0. The number of likely N-dealkylation sites (tertiary alicyclic amines) is 1. The van der Waals surface area contributed by atoms with Crippen LogP contribution in [0.2, 0.25) is 0 Å². The smallest absolute Gasteiger partial charge is 0.322 e. The predicted molar refractivity (Wildman–Crippen MR) is 70.9 cm³/mol. The van der Waals surface area contributed by atoms with Crippen molar-refractivity contribution in [3.8, 4) is 0 Å². The Morgan fingerprint density at radius 3 is 2.29 bits per heavy atom. The molecule has 6 nitrogen and oxygen atoms in total. The summed E-state index contributed by atoms with van der Waals surface area (Å²) in [5.41, 5.74) is -0.483. The molecule has 1 aromatic carbocycles. The van der Waals surface area contributed by atoms with Crippen molar-refractivity contribution in [1.29, 1.82) is 0 Å². The van der Waals surface area contributed by atoms with E-state index in [-0.39, 0.29) is 11.8 Å². The lowest BCUT2D eigenvalue weighted by Crippen LogP contribution is -2.55. The minimum Gasteiger partial charge on any atom is -0.338 e. The maximum absolute atomic E-state index is 12.9. The lowest BCUT2D eigenvalue weighted by Gasteiger charge is -2.37. The van der Waals surface area contributed by atoms with Gasteiger partial charge in [-0.15, -0.1) is 0 Å². The van der Waals surface area contributed by atoms with Crippen molar-refractivity contribution < 1.29 is 18.8 Å². The van der Waals surface area contributed by atoms with Crippen molar-refractivity contribution in [1.82, 2.24) is 15.5 Å². The summed E-state index contributed by atoms with van der Waals surface area (Å²) in [5.74, 6) is -0.926. The molecule has 1 aromatic rings. The van der Waals surface area contributed by atoms with Gasteiger partial charge in [0.25, 0.3) is 11.8 Å². The molecule has 0 unspecified atom stereocenters. The van der Waals surface area contributed by atoms with Crippen LogP contribution < -0.4 is 10.6 Å². The van der Waals surface area contributed by atoms with E-state index in [9.17, 15) is 18.8 Å². The third-order valence-corrected chi connectivity index (χ3v) is 4.01. The molecular formula is C14H14FN3O3. The number of hydrogen-bond donors (Lipinski definition) is 2. The van der Waals surface area contributed by atoms with Gasteiger partial charge in [-0.05, 0) is 37.1 Å². The Hall–Kier alpha value is -2.44. The van der Waals surface area contributed by atoms with Gasteiger partial charge in [0.2, 0.25) is 0 Å². The van der Waals surface area contributed by atoms with Gasteiger partial charge in [0.15, 0.2) is 0 Å². The summed E-state index contributed by atoms with van der Waals surface area (Å²) in [6.45, 7) is 0.730. The first kappa shape index (κ1) is 13.5. The molecule has 0 radical (unpaired) electrons. The Morgan fingerprint density at radius 1 is 1.14 bits per heavy atom. The Kier molecular flexibility index (Phi) is 3.12. The molecule has 0 atom stereocenters. The lowest BCUT2D eigenvalue weighted by atomic mass is 9.87. The largest absolute Gasteiger partial charge is 0.338 e. The molecule has 2 fully saturated rings. The van der Waals surface area contributed by atoms with Crippen molar-refractivity contribution in [3.63, 3.8) is 0 Å². The molecule has 2 N–H and O–H groups in total. The van der Waals surface area contributed by atoms with Crippen LogP contribution in [0.5, 0.6) is 0 Å². The first-order valence-corrected chi connectivity index (χ1v) is 6.69. The monoisotopic (exact) mass is 291 g/mol. The summed E-state index contributed by atoms with van der Waals surface area (Å²) in [6.07, 6.45) is 0.745. The highest BCUT2D eigenvalue weighted by molar-refractivity contribution is 6.07. The summed E-state index contributed by atoms with van der Waals surface area (Å²) in [5, 5.41) is 4.86. The Labute approximate surface area is 120 Å². The van der Waals surface area contributed by atoms with Crippen LogP contribution in [0.25, 0.3) is 0 Å². The topological polar surface area (TPSA) is 78.5 Å². The van der Waals surface area contributed by atoms with Crippen molar-refractivity contribution >= 4 is 17.8 Å². The van der Waals surface area contributed by atoms with Gasteiger partial charge in [-0.3, -0.25) is 14.9 Å². The first-order valence-electron chi connectivity index (χ1n) is 6.69. The van der Waals surface area contributed by atoms with Crippen molar-refractivity contribution in [2.24, 2.45) is 0 Å². The highest BCUT2D eigenvalue weighted by Crippen LogP contribution is 2.26. The predicted octanol–water partition coefficient (Wildman–Crippen LogP) is 0.640. The molecule has 2 saturated heterocycles. The van der Waals surface area contributed by atoms with E-state index in [1.165, 1.54) is 24.3 Å². The maximum Gasteiger partial charge on any atom is 0.322 e. The number of amides is 4. The molecule has 110 valence electrons. The molecule has 0 aliphatic carbocycles. The van der Waals surface area contributed by atoms with Gasteiger partial charge in [-0.25, -0.2) is 9.18 Å². The zero-order chi connectivity index (χ0) is 15.0. The fourth-order valence-corrected chi connectivity index (χ4v) is 2.75. The van der Waals surface area contributed by atoms with Gasteiger partial charge >= 0.3 is 6.03 Å². The van der Waals surface area contributed by atoms with Crippen LogP contribution in [-0.2, 0) is 4.79 Å². The average Bonchev–Trinajstić information content (AvgIpc) is 2.74. The number of halogens is 1. The standard InChI is InChI=1S/C14H14FN3O3/c15-10-3-1-9(2-4-10)11(19)18-7-5-14(6-8-18)12(20)16-13(21)17-14/h1-4H,5-8H2,(H2,16,17,20,21). The van der Waals surface area contributed by atoms with Crippen LogP contribution in [-0.4, -0.2) is 41.4 Å². The van der Waals surface area contributed by atoms with Gasteiger partial charge in [0.1, 0.15) is 11.4 Å². The normalized spacial score (nSPS) is 20.3. The fraction of sp³-hybridized carbons (Fsp3) is 0.357. The zero-order valence-electron chi connectivity index (χ0n) is 11.2. The summed E-state index contributed by atoms with van der Waals surface area (Å²) in [6, 6.07) is 4.86. The van der Waals surface area contributed by atoms with Crippen LogP contribution in [0.15, 0.2) is 24.3 Å². The molecule has 4 amide bonds. The molecule has 1 spiro atoms. The number of carbonyl (C=O) groups is 3. The molecule has 0 bridgehead atoms. The van der Waals surface area contributed by atoms with E-state index in [4.69, 9.17) is 0 Å². The van der Waals surface area contributed by atoms with Gasteiger partial charge in [-0.1, -0.05) is 0 Å². The van der Waals surface area contributed by atoms with Crippen LogP contribution in [0.1, 0.15) is 23.2 Å². The number of piperidine rings is 1. The molecule has 2 aliphatic heterocycles. The number of imide groups is 1. The number of carbonyl (C=O) groups excluding carboxylic acids is 3. The van der Waals surface area contributed by atoms with Gasteiger partial charge in [0.05, 0.1) is 0 Å². The molecular weight excluding hydrogens is 277 g/mol. The molecule has 2 aliphatic rings. The summed E-state index contributed by atoms with van der Waals surface area (Å²) < 4.78 is 12.9. The SMILES string of the molecule is O=C1NC(=O)C2(CCN(C(=O)c3ccc(F)cc3)CC2)N1. The Morgan fingerprint density at radius 2 is 1.76 bits per heavy atom. The van der Waals surface area contributed by atoms with Gasteiger partial charge in [0, 0.05) is 18.7 Å². The Balaban J connectivity index is 1.68. The highest BCUT2D eigenvalue weighted by atomic mass is 19.1. The van der Waals surface area contributed by atoms with Gasteiger partial charge in [-0.2, -0.15) is 0 Å². The number of nitrogens with zero attached hydrogens (tertiary/aromatic N) is 1. The van der Waals surface area contributed by atoms with Crippen LogP contribution in [0, 0.1) is 5.82 Å². The van der Waals surface area contributed by atoms with E-state index in [1.54, 1.807) is 4.90 Å². The average molecular weight is 291 g/mol. The first-order chi connectivity index (χ1) is 10.00. The minimum absolute atomic E-state index is 0.199. The van der Waals surface area contributed by atoms with Crippen LogP contribution >= 0.6 is 0 Å². The van der Waals surface area contributed by atoms with E-state index >= 15 is 0 Å². The van der Waals surface area contributed by atoms with Crippen molar-refractivity contribution in [2.75, 3.05) is 13.1 Å². The van der Waals surface area contributed by atoms with E-state index in [0.29, 0.717) is 31.5 Å². The second-order valence-corrected chi connectivity index (χ2v) is 5.29. The molecule has 7 heteroatoms. The molecule has 3 rings (SSSR count). The summed E-state index contributed by atoms with van der Waals surface area (Å²) in [4.78, 5) is 36.9. The number of rotatable bonds is 1. The van der Waals surface area contributed by atoms with E-state index in [0.717, 1.165) is 0 Å². The maximum atomic E-state index is 12.9. The van der Waals surface area contributed by atoms with Crippen molar-refractivity contribution in [2.45, 2.75) is 18.4 Å². The Bertz CT molecular complexity index is 606. The van der Waals surface area contributed by atoms with Crippen LogP contribution in [0.3, 0.4) is 0 Å². The third-order valence-electron chi connectivity index (χ3n) is 4.01. The fourth-order valence-electron chi connectivity index (χ4n) is 2.75. The van der Waals surface area contributed by atoms with Crippen LogP contribution in [0.4, 0.5) is 9.18 Å². The number of urea groups is 1. The van der Waals surface area contributed by atoms with E-state index < -0.39 is 17.4 Å². The van der Waals surface area contributed by atoms with E-state index in [2.05, 4.69) is 10.6 Å². The quantitative estimate of drug-likeness (QED) is 0.745. The molecule has 0 aromatic heterocycles. The minimum atomic E-state index is -0.892. The highest BCUT2D eigenvalue weighted by Gasteiger charge is 2.48.